The van der Waals surface area contributed by atoms with Crippen molar-refractivity contribution < 1.29 is 9.90 Å². The fourth-order valence-electron chi connectivity index (χ4n) is 3.68. The summed E-state index contributed by atoms with van der Waals surface area (Å²) in [5.74, 6) is 0.691. The van der Waals surface area contributed by atoms with Crippen LogP contribution in [0.5, 0.6) is 0 Å². The minimum Gasteiger partial charge on any atom is -0.478 e. The highest BCUT2D eigenvalue weighted by molar-refractivity contribution is 5.94. The number of pyridine rings is 1. The SMILES string of the molecule is CCCCCn1nc(-c2ccccc2)nc1Cc1ccc(-c2ncccc2C(=O)O)cc1. The molecule has 6 heteroatoms. The molecule has 4 aromatic rings. The molecule has 0 saturated carbocycles. The third kappa shape index (κ3) is 4.91. The van der Waals surface area contributed by atoms with E-state index in [1.54, 1.807) is 18.3 Å². The molecule has 32 heavy (non-hydrogen) atoms. The van der Waals surface area contributed by atoms with Crippen LogP contribution in [0.3, 0.4) is 0 Å². The van der Waals surface area contributed by atoms with Crippen LogP contribution in [-0.4, -0.2) is 30.8 Å². The van der Waals surface area contributed by atoms with Crippen LogP contribution in [0.15, 0.2) is 72.9 Å². The van der Waals surface area contributed by atoms with Crippen LogP contribution in [0.2, 0.25) is 0 Å². The maximum Gasteiger partial charge on any atom is 0.337 e. The first kappa shape index (κ1) is 21.4. The molecule has 0 fully saturated rings. The average Bonchev–Trinajstić information content (AvgIpc) is 3.23. The molecule has 2 aromatic carbocycles. The molecule has 0 atom stereocenters. The maximum atomic E-state index is 11.5. The summed E-state index contributed by atoms with van der Waals surface area (Å²) in [6, 6.07) is 21.1. The smallest absolute Gasteiger partial charge is 0.337 e. The second kappa shape index (κ2) is 10.0. The number of aromatic carboxylic acids is 1. The molecule has 0 saturated heterocycles. The molecule has 0 bridgehead atoms. The van der Waals surface area contributed by atoms with Gasteiger partial charge in [0.25, 0.3) is 0 Å². The number of benzene rings is 2. The molecule has 6 nitrogen and oxygen atoms in total. The quantitative estimate of drug-likeness (QED) is 0.358. The summed E-state index contributed by atoms with van der Waals surface area (Å²) in [5, 5.41) is 14.2. The summed E-state index contributed by atoms with van der Waals surface area (Å²) in [6.07, 6.45) is 5.64. The number of rotatable bonds is 9. The molecule has 0 aliphatic heterocycles. The lowest BCUT2D eigenvalue weighted by atomic mass is 10.0. The van der Waals surface area contributed by atoms with Gasteiger partial charge in [-0.3, -0.25) is 4.98 Å². The van der Waals surface area contributed by atoms with Crippen molar-refractivity contribution in [1.29, 1.82) is 0 Å². The van der Waals surface area contributed by atoms with Crippen molar-refractivity contribution in [2.75, 3.05) is 0 Å². The Morgan fingerprint density at radius 3 is 2.44 bits per heavy atom. The molecule has 4 rings (SSSR count). The maximum absolute atomic E-state index is 11.5. The zero-order chi connectivity index (χ0) is 22.3. The Morgan fingerprint density at radius 1 is 0.938 bits per heavy atom. The number of carbonyl (C=O) groups is 1. The van der Waals surface area contributed by atoms with E-state index in [4.69, 9.17) is 10.1 Å². The van der Waals surface area contributed by atoms with Gasteiger partial charge in [0.05, 0.1) is 11.3 Å². The molecule has 0 aliphatic rings. The van der Waals surface area contributed by atoms with Crippen molar-refractivity contribution in [3.8, 4) is 22.6 Å². The van der Waals surface area contributed by atoms with Crippen LogP contribution >= 0.6 is 0 Å². The van der Waals surface area contributed by atoms with Gasteiger partial charge in [0, 0.05) is 30.3 Å². The van der Waals surface area contributed by atoms with E-state index in [0.717, 1.165) is 54.1 Å². The van der Waals surface area contributed by atoms with Gasteiger partial charge < -0.3 is 5.11 Å². The number of aromatic nitrogens is 4. The molecule has 0 radical (unpaired) electrons. The van der Waals surface area contributed by atoms with Gasteiger partial charge in [-0.15, -0.1) is 0 Å². The lowest BCUT2D eigenvalue weighted by molar-refractivity contribution is 0.0697. The van der Waals surface area contributed by atoms with Crippen LogP contribution in [0, 0.1) is 0 Å². The van der Waals surface area contributed by atoms with Gasteiger partial charge in [0.1, 0.15) is 5.82 Å². The minimum absolute atomic E-state index is 0.198. The predicted molar refractivity (Wildman–Crippen MR) is 124 cm³/mol. The summed E-state index contributed by atoms with van der Waals surface area (Å²) < 4.78 is 2.02. The number of nitrogens with zero attached hydrogens (tertiary/aromatic N) is 4. The highest BCUT2D eigenvalue weighted by atomic mass is 16.4. The standard InChI is InChI=1S/C26H26N4O2/c1-2-3-7-17-30-23(28-25(29-30)21-9-5-4-6-10-21)18-19-12-14-20(15-13-19)24-22(26(31)32)11-8-16-27-24/h4-6,8-16H,2-3,7,17-18H2,1H3,(H,31,32). The van der Waals surface area contributed by atoms with E-state index >= 15 is 0 Å². The van der Waals surface area contributed by atoms with E-state index in [0.29, 0.717) is 12.1 Å². The van der Waals surface area contributed by atoms with E-state index < -0.39 is 5.97 Å². The molecule has 0 spiro atoms. The summed E-state index contributed by atoms with van der Waals surface area (Å²) in [6.45, 7) is 3.04. The van der Waals surface area contributed by atoms with Crippen molar-refractivity contribution >= 4 is 5.97 Å². The van der Waals surface area contributed by atoms with Gasteiger partial charge in [-0.25, -0.2) is 14.5 Å². The van der Waals surface area contributed by atoms with Gasteiger partial charge in [0.15, 0.2) is 5.82 Å². The Kier molecular flexibility index (Phi) is 6.70. The van der Waals surface area contributed by atoms with Gasteiger partial charge in [-0.1, -0.05) is 74.4 Å². The first-order valence-electron chi connectivity index (χ1n) is 10.9. The highest BCUT2D eigenvalue weighted by Crippen LogP contribution is 2.23. The van der Waals surface area contributed by atoms with Crippen LogP contribution in [0.1, 0.15) is 47.9 Å². The molecule has 0 aliphatic carbocycles. The largest absolute Gasteiger partial charge is 0.478 e. The van der Waals surface area contributed by atoms with E-state index in [2.05, 4.69) is 11.9 Å². The fourth-order valence-corrected chi connectivity index (χ4v) is 3.68. The minimum atomic E-state index is -0.981. The van der Waals surface area contributed by atoms with Gasteiger partial charge in [-0.2, -0.15) is 5.10 Å². The number of unbranched alkanes of at least 4 members (excludes halogenated alkanes) is 2. The Morgan fingerprint density at radius 2 is 1.72 bits per heavy atom. The number of carboxylic acid groups (broad SMARTS) is 1. The lowest BCUT2D eigenvalue weighted by Gasteiger charge is -2.08. The number of hydrogen-bond donors (Lipinski definition) is 1. The highest BCUT2D eigenvalue weighted by Gasteiger charge is 2.14. The normalized spacial score (nSPS) is 10.9. The van der Waals surface area contributed by atoms with Crippen molar-refractivity contribution in [2.45, 2.75) is 39.2 Å². The zero-order valence-electron chi connectivity index (χ0n) is 18.1. The van der Waals surface area contributed by atoms with E-state index in [1.165, 1.54) is 0 Å². The Balaban J connectivity index is 1.59. The molecule has 162 valence electrons. The number of hydrogen-bond acceptors (Lipinski definition) is 4. The number of carboxylic acids is 1. The van der Waals surface area contributed by atoms with Crippen LogP contribution in [0.25, 0.3) is 22.6 Å². The summed E-state index contributed by atoms with van der Waals surface area (Å²) in [4.78, 5) is 20.6. The van der Waals surface area contributed by atoms with Crippen molar-refractivity contribution in [3.05, 3.63) is 89.9 Å². The Hall–Kier alpha value is -3.80. The Bertz CT molecular complexity index is 1180. The zero-order valence-corrected chi connectivity index (χ0v) is 18.1. The molecule has 0 amide bonds. The monoisotopic (exact) mass is 426 g/mol. The summed E-state index contributed by atoms with van der Waals surface area (Å²) in [7, 11) is 0. The summed E-state index contributed by atoms with van der Waals surface area (Å²) in [5.41, 5.74) is 3.55. The van der Waals surface area contributed by atoms with E-state index in [9.17, 15) is 9.90 Å². The second-order valence-electron chi connectivity index (χ2n) is 7.73. The molecular formula is C26H26N4O2. The first-order chi connectivity index (χ1) is 15.7. The third-order valence-corrected chi connectivity index (χ3v) is 5.38. The third-order valence-electron chi connectivity index (χ3n) is 5.38. The first-order valence-corrected chi connectivity index (χ1v) is 10.9. The van der Waals surface area contributed by atoms with Gasteiger partial charge in [0.2, 0.25) is 0 Å². The topological polar surface area (TPSA) is 80.9 Å². The molecule has 1 N–H and O–H groups in total. The van der Waals surface area contributed by atoms with Crippen molar-refractivity contribution in [2.24, 2.45) is 0 Å². The fraction of sp³-hybridized carbons (Fsp3) is 0.231. The van der Waals surface area contributed by atoms with Crippen LogP contribution in [-0.2, 0) is 13.0 Å². The van der Waals surface area contributed by atoms with Crippen LogP contribution < -0.4 is 0 Å². The van der Waals surface area contributed by atoms with Crippen molar-refractivity contribution in [1.82, 2.24) is 19.7 Å². The summed E-state index contributed by atoms with van der Waals surface area (Å²) >= 11 is 0. The molecule has 2 heterocycles. The predicted octanol–water partition coefficient (Wildman–Crippen LogP) is 5.49. The van der Waals surface area contributed by atoms with Gasteiger partial charge in [-0.05, 0) is 24.1 Å². The second-order valence-corrected chi connectivity index (χ2v) is 7.73. The molecule has 2 aromatic heterocycles. The van der Waals surface area contributed by atoms with Gasteiger partial charge >= 0.3 is 5.97 Å². The number of aryl methyl sites for hydroxylation is 1. The lowest BCUT2D eigenvalue weighted by Crippen LogP contribution is -2.07. The Labute approximate surface area is 187 Å². The van der Waals surface area contributed by atoms with Crippen LogP contribution in [0.4, 0.5) is 0 Å². The average molecular weight is 427 g/mol. The van der Waals surface area contributed by atoms with E-state index in [-0.39, 0.29) is 5.56 Å². The molecular weight excluding hydrogens is 400 g/mol. The van der Waals surface area contributed by atoms with Crippen molar-refractivity contribution in [3.63, 3.8) is 0 Å². The molecule has 0 unspecified atom stereocenters. The van der Waals surface area contributed by atoms with E-state index in [1.807, 2.05) is 59.3 Å².